The fourth-order valence-electron chi connectivity index (χ4n) is 2.94. The van der Waals surface area contributed by atoms with Crippen LogP contribution in [0.1, 0.15) is 18.1 Å². The van der Waals surface area contributed by atoms with Crippen molar-refractivity contribution in [3.8, 4) is 0 Å². The van der Waals surface area contributed by atoms with E-state index in [2.05, 4.69) is 21.2 Å². The molecule has 0 spiro atoms. The van der Waals surface area contributed by atoms with E-state index in [1.807, 2.05) is 36.4 Å². The fraction of sp³-hybridized carbons (Fsp3) is 0.278. The van der Waals surface area contributed by atoms with Gasteiger partial charge in [-0.05, 0) is 48.7 Å². The number of nitrogens with zero attached hydrogens (tertiary/aromatic N) is 1. The number of nitrogens with one attached hydrogen (secondary N) is 1. The van der Waals surface area contributed by atoms with E-state index in [9.17, 15) is 13.2 Å². The minimum atomic E-state index is -3.49. The molecule has 0 aliphatic carbocycles. The number of hydrogen-bond acceptors (Lipinski definition) is 3. The first-order chi connectivity index (χ1) is 11.9. The highest BCUT2D eigenvalue weighted by molar-refractivity contribution is 9.10. The monoisotopic (exact) mass is 422 g/mol. The number of amides is 1. The summed E-state index contributed by atoms with van der Waals surface area (Å²) in [7, 11) is -3.49. The van der Waals surface area contributed by atoms with Crippen molar-refractivity contribution in [1.29, 1.82) is 0 Å². The molecule has 0 fully saturated rings. The van der Waals surface area contributed by atoms with E-state index in [1.54, 1.807) is 19.1 Å². The fourth-order valence-corrected chi connectivity index (χ4v) is 4.43. The molecule has 1 amide bonds. The molecule has 1 atom stereocenters. The van der Waals surface area contributed by atoms with Gasteiger partial charge in [-0.25, -0.2) is 8.42 Å². The van der Waals surface area contributed by atoms with Gasteiger partial charge in [-0.15, -0.1) is 0 Å². The molecule has 0 aromatic heterocycles. The Kier molecular flexibility index (Phi) is 5.27. The van der Waals surface area contributed by atoms with E-state index in [0.717, 1.165) is 15.6 Å². The summed E-state index contributed by atoms with van der Waals surface area (Å²) >= 11 is 3.35. The number of hydrogen-bond donors (Lipinski definition) is 1. The summed E-state index contributed by atoms with van der Waals surface area (Å²) in [6.07, 6.45) is 0.373. The van der Waals surface area contributed by atoms with Gasteiger partial charge in [-0.3, -0.25) is 4.79 Å². The summed E-state index contributed by atoms with van der Waals surface area (Å²) < 4.78 is 27.3. The Balaban J connectivity index is 1.90. The zero-order chi connectivity index (χ0) is 18.0. The number of carbonyl (C=O) groups is 1. The molecule has 5 nitrogen and oxygen atoms in total. The maximum absolute atomic E-state index is 12.8. The Morgan fingerprint density at radius 2 is 1.80 bits per heavy atom. The molecule has 0 bridgehead atoms. The normalized spacial score (nSPS) is 17.8. The van der Waals surface area contributed by atoms with Crippen molar-refractivity contribution in [1.82, 2.24) is 4.31 Å². The lowest BCUT2D eigenvalue weighted by Gasteiger charge is -2.34. The van der Waals surface area contributed by atoms with Gasteiger partial charge < -0.3 is 5.32 Å². The average molecular weight is 423 g/mol. The summed E-state index contributed by atoms with van der Waals surface area (Å²) in [5, 5.41) is 2.83. The van der Waals surface area contributed by atoms with Crippen LogP contribution in [-0.4, -0.2) is 30.4 Å². The quantitative estimate of drug-likeness (QED) is 0.822. The number of benzene rings is 2. The summed E-state index contributed by atoms with van der Waals surface area (Å²) in [5.74, 6) is -0.342. The van der Waals surface area contributed by atoms with Gasteiger partial charge in [-0.2, -0.15) is 4.31 Å². The van der Waals surface area contributed by atoms with Crippen LogP contribution in [0.5, 0.6) is 0 Å². The minimum Gasteiger partial charge on any atom is -0.325 e. The van der Waals surface area contributed by atoms with Crippen molar-refractivity contribution >= 4 is 37.5 Å². The molecule has 1 heterocycles. The third-order valence-electron chi connectivity index (χ3n) is 4.34. The largest absolute Gasteiger partial charge is 0.325 e. The Morgan fingerprint density at radius 3 is 2.44 bits per heavy atom. The summed E-state index contributed by atoms with van der Waals surface area (Å²) in [6, 6.07) is 14.1. The van der Waals surface area contributed by atoms with Crippen molar-refractivity contribution in [3.05, 3.63) is 64.1 Å². The highest BCUT2D eigenvalue weighted by Crippen LogP contribution is 2.27. The first-order valence-electron chi connectivity index (χ1n) is 8.03. The van der Waals surface area contributed by atoms with Crippen molar-refractivity contribution in [2.45, 2.75) is 25.9 Å². The first-order valence-corrected chi connectivity index (χ1v) is 10.4. The van der Waals surface area contributed by atoms with Crippen LogP contribution in [0, 0.1) is 0 Å². The third-order valence-corrected chi connectivity index (χ3v) is 6.70. The second-order valence-corrected chi connectivity index (χ2v) is 9.06. The lowest BCUT2D eigenvalue weighted by atomic mass is 9.95. The van der Waals surface area contributed by atoms with Crippen LogP contribution in [0.15, 0.2) is 53.0 Å². The van der Waals surface area contributed by atoms with Gasteiger partial charge in [0.15, 0.2) is 0 Å². The lowest BCUT2D eigenvalue weighted by molar-refractivity contribution is -0.120. The van der Waals surface area contributed by atoms with Crippen molar-refractivity contribution in [3.63, 3.8) is 0 Å². The lowest BCUT2D eigenvalue weighted by Crippen LogP contribution is -2.51. The SMILES string of the molecule is CCS(=O)(=O)N1Cc2ccccc2CC1C(=O)Nc1ccc(Br)cc1. The molecule has 0 saturated heterocycles. The van der Waals surface area contributed by atoms with Gasteiger partial charge in [0.1, 0.15) is 6.04 Å². The molecule has 25 heavy (non-hydrogen) atoms. The van der Waals surface area contributed by atoms with Gasteiger partial charge in [0.2, 0.25) is 15.9 Å². The van der Waals surface area contributed by atoms with Crippen LogP contribution in [0.2, 0.25) is 0 Å². The second kappa shape index (κ2) is 7.27. The van der Waals surface area contributed by atoms with Gasteiger partial charge in [0, 0.05) is 16.7 Å². The molecular weight excluding hydrogens is 404 g/mol. The zero-order valence-electron chi connectivity index (χ0n) is 13.8. The molecule has 1 N–H and O–H groups in total. The molecule has 2 aromatic carbocycles. The van der Waals surface area contributed by atoms with Crippen LogP contribution in [0.3, 0.4) is 0 Å². The molecule has 3 rings (SSSR count). The molecule has 7 heteroatoms. The summed E-state index contributed by atoms with van der Waals surface area (Å²) in [5.41, 5.74) is 2.61. The smallest absolute Gasteiger partial charge is 0.243 e. The predicted molar refractivity (Wildman–Crippen MR) is 102 cm³/mol. The summed E-state index contributed by atoms with van der Waals surface area (Å²) in [4.78, 5) is 12.8. The molecule has 0 saturated carbocycles. The van der Waals surface area contributed by atoms with E-state index in [0.29, 0.717) is 12.1 Å². The van der Waals surface area contributed by atoms with Crippen LogP contribution in [0.25, 0.3) is 0 Å². The molecule has 1 unspecified atom stereocenters. The van der Waals surface area contributed by atoms with Crippen LogP contribution >= 0.6 is 15.9 Å². The van der Waals surface area contributed by atoms with E-state index >= 15 is 0 Å². The number of fused-ring (bicyclic) bond motifs is 1. The summed E-state index contributed by atoms with van der Waals surface area (Å²) in [6.45, 7) is 1.82. The Hall–Kier alpha value is -1.70. The van der Waals surface area contributed by atoms with Crippen LogP contribution in [-0.2, 0) is 27.8 Å². The number of carbonyl (C=O) groups excluding carboxylic acids is 1. The highest BCUT2D eigenvalue weighted by Gasteiger charge is 2.37. The van der Waals surface area contributed by atoms with Crippen LogP contribution < -0.4 is 5.32 Å². The number of sulfonamides is 1. The Bertz CT molecular complexity index is 881. The average Bonchev–Trinajstić information content (AvgIpc) is 2.62. The van der Waals surface area contributed by atoms with E-state index in [-0.39, 0.29) is 18.2 Å². The third kappa shape index (κ3) is 3.94. The molecule has 1 aliphatic rings. The zero-order valence-corrected chi connectivity index (χ0v) is 16.2. The van der Waals surface area contributed by atoms with Gasteiger partial charge in [0.25, 0.3) is 0 Å². The highest BCUT2D eigenvalue weighted by atomic mass is 79.9. The Labute approximate surface area is 156 Å². The van der Waals surface area contributed by atoms with Crippen molar-refractivity contribution in [2.75, 3.05) is 11.1 Å². The van der Waals surface area contributed by atoms with Crippen molar-refractivity contribution in [2.24, 2.45) is 0 Å². The maximum atomic E-state index is 12.8. The first kappa shape index (κ1) is 18.1. The number of anilines is 1. The minimum absolute atomic E-state index is 0.0305. The molecule has 0 radical (unpaired) electrons. The van der Waals surface area contributed by atoms with Crippen LogP contribution in [0.4, 0.5) is 5.69 Å². The number of halogens is 1. The number of rotatable bonds is 4. The van der Waals surface area contributed by atoms with Gasteiger partial charge in [-0.1, -0.05) is 40.2 Å². The molecule has 1 aliphatic heterocycles. The van der Waals surface area contributed by atoms with Gasteiger partial charge in [0.05, 0.1) is 5.75 Å². The predicted octanol–water partition coefficient (Wildman–Crippen LogP) is 3.16. The topological polar surface area (TPSA) is 66.5 Å². The standard InChI is InChI=1S/C18H19BrN2O3S/c1-2-25(23,24)21-12-14-6-4-3-5-13(14)11-17(21)18(22)20-16-9-7-15(19)8-10-16/h3-10,17H,2,11-12H2,1H3,(H,20,22). The van der Waals surface area contributed by atoms with E-state index < -0.39 is 16.1 Å². The Morgan fingerprint density at radius 1 is 1.16 bits per heavy atom. The van der Waals surface area contributed by atoms with E-state index in [4.69, 9.17) is 0 Å². The van der Waals surface area contributed by atoms with Crippen molar-refractivity contribution < 1.29 is 13.2 Å². The van der Waals surface area contributed by atoms with E-state index in [1.165, 1.54) is 4.31 Å². The molecule has 2 aromatic rings. The second-order valence-electron chi connectivity index (χ2n) is 5.93. The molecular formula is C18H19BrN2O3S. The maximum Gasteiger partial charge on any atom is 0.243 e. The molecule has 132 valence electrons. The van der Waals surface area contributed by atoms with Gasteiger partial charge >= 0.3 is 0 Å².